The van der Waals surface area contributed by atoms with E-state index in [0.717, 1.165) is 0 Å². The number of furan rings is 1. The minimum Gasteiger partial charge on any atom is -0.459 e. The Morgan fingerprint density at radius 2 is 1.82 bits per heavy atom. The monoisotopic (exact) mass is 382 g/mol. The number of carbonyl (C=O) groups is 3. The number of amides is 3. The molecule has 2 aliphatic heterocycles. The third-order valence-electron chi connectivity index (χ3n) is 5.28. The lowest BCUT2D eigenvalue weighted by atomic mass is 10.1. The maximum atomic E-state index is 13.1. The van der Waals surface area contributed by atoms with Gasteiger partial charge in [-0.3, -0.25) is 24.2 Å². The predicted molar refractivity (Wildman–Crippen MR) is 103 cm³/mol. The van der Waals surface area contributed by atoms with E-state index in [1.165, 1.54) is 6.26 Å². The van der Waals surface area contributed by atoms with Gasteiger partial charge in [-0.1, -0.05) is 12.1 Å². The van der Waals surface area contributed by atoms with Crippen LogP contribution in [0.2, 0.25) is 0 Å². The molecule has 2 aromatic rings. The number of hydrogen-bond acceptors (Lipinski definition) is 5. The van der Waals surface area contributed by atoms with Crippen LogP contribution in [0.15, 0.2) is 47.1 Å². The van der Waals surface area contributed by atoms with E-state index < -0.39 is 0 Å². The van der Waals surface area contributed by atoms with Gasteiger partial charge in [-0.15, -0.1) is 0 Å². The highest BCUT2D eigenvalue weighted by molar-refractivity contribution is 6.11. The Labute approximate surface area is 162 Å². The maximum Gasteiger partial charge on any atom is 0.289 e. The van der Waals surface area contributed by atoms with E-state index in [1.54, 1.807) is 28.0 Å². The quantitative estimate of drug-likeness (QED) is 0.868. The Bertz CT molecular complexity index is 887. The molecule has 1 fully saturated rings. The van der Waals surface area contributed by atoms with Crippen LogP contribution < -0.4 is 10.2 Å². The first-order chi connectivity index (χ1) is 13.5. The smallest absolute Gasteiger partial charge is 0.289 e. The van der Waals surface area contributed by atoms with Crippen molar-refractivity contribution in [3.8, 4) is 0 Å². The van der Waals surface area contributed by atoms with Crippen LogP contribution in [0.4, 0.5) is 11.4 Å². The van der Waals surface area contributed by atoms with Crippen molar-refractivity contribution < 1.29 is 18.8 Å². The van der Waals surface area contributed by atoms with Crippen LogP contribution in [0.5, 0.6) is 0 Å². The fourth-order valence-corrected chi connectivity index (χ4v) is 3.68. The summed E-state index contributed by atoms with van der Waals surface area (Å²) in [6.45, 7) is 4.07. The summed E-state index contributed by atoms with van der Waals surface area (Å²) in [6.07, 6.45) is 1.48. The summed E-state index contributed by atoms with van der Waals surface area (Å²) in [5.41, 5.74) is 1.36. The van der Waals surface area contributed by atoms with Crippen molar-refractivity contribution in [1.29, 1.82) is 0 Å². The maximum absolute atomic E-state index is 13.1. The van der Waals surface area contributed by atoms with Crippen molar-refractivity contribution >= 4 is 29.1 Å². The number of hydrogen-bond donors (Lipinski definition) is 1. The molecule has 146 valence electrons. The number of piperazine rings is 1. The standard InChI is InChI=1S/C20H22N4O4/c1-14(19(26)24-13-18(25)21-15-5-2-3-6-16(15)24)22-8-10-23(11-9-22)20(27)17-7-4-12-28-17/h2-7,12,14H,8-11,13H2,1H3,(H,21,25)/t14-/m0/s1. The molecular weight excluding hydrogens is 360 g/mol. The topological polar surface area (TPSA) is 86.1 Å². The molecule has 3 heterocycles. The van der Waals surface area contributed by atoms with Crippen LogP contribution in [0.25, 0.3) is 0 Å². The number of carbonyl (C=O) groups excluding carboxylic acids is 3. The second-order valence-corrected chi connectivity index (χ2v) is 6.97. The Balaban J connectivity index is 1.42. The van der Waals surface area contributed by atoms with Crippen molar-refractivity contribution in [2.75, 3.05) is 42.9 Å². The van der Waals surface area contributed by atoms with Crippen molar-refractivity contribution in [1.82, 2.24) is 9.80 Å². The molecule has 0 saturated carbocycles. The van der Waals surface area contributed by atoms with E-state index in [9.17, 15) is 14.4 Å². The van der Waals surface area contributed by atoms with Gasteiger partial charge in [-0.05, 0) is 31.2 Å². The van der Waals surface area contributed by atoms with Gasteiger partial charge in [0.15, 0.2) is 5.76 Å². The summed E-state index contributed by atoms with van der Waals surface area (Å²) in [6, 6.07) is 10.2. The molecule has 8 heteroatoms. The number of anilines is 2. The van der Waals surface area contributed by atoms with Gasteiger partial charge in [0.05, 0.1) is 23.7 Å². The van der Waals surface area contributed by atoms with Crippen molar-refractivity contribution in [3.63, 3.8) is 0 Å². The summed E-state index contributed by atoms with van der Waals surface area (Å²) in [7, 11) is 0. The van der Waals surface area contributed by atoms with Crippen molar-refractivity contribution in [2.45, 2.75) is 13.0 Å². The third-order valence-corrected chi connectivity index (χ3v) is 5.28. The first-order valence-electron chi connectivity index (χ1n) is 9.31. The Morgan fingerprint density at radius 3 is 2.54 bits per heavy atom. The highest BCUT2D eigenvalue weighted by atomic mass is 16.3. The molecule has 28 heavy (non-hydrogen) atoms. The third kappa shape index (κ3) is 3.38. The molecule has 0 unspecified atom stereocenters. The molecule has 0 radical (unpaired) electrons. The molecule has 1 atom stereocenters. The van der Waals surface area contributed by atoms with E-state index in [0.29, 0.717) is 43.3 Å². The number of benzene rings is 1. The average Bonchev–Trinajstić information content (AvgIpc) is 3.26. The second-order valence-electron chi connectivity index (χ2n) is 6.97. The molecule has 8 nitrogen and oxygen atoms in total. The highest BCUT2D eigenvalue weighted by Crippen LogP contribution is 2.29. The predicted octanol–water partition coefficient (Wildman–Crippen LogP) is 1.41. The first-order valence-corrected chi connectivity index (χ1v) is 9.31. The molecule has 2 aliphatic rings. The Hall–Kier alpha value is -3.13. The second kappa shape index (κ2) is 7.47. The van der Waals surface area contributed by atoms with Gasteiger partial charge in [0, 0.05) is 26.2 Å². The van der Waals surface area contributed by atoms with Crippen molar-refractivity contribution in [3.05, 3.63) is 48.4 Å². The summed E-state index contributed by atoms with van der Waals surface area (Å²) < 4.78 is 5.18. The minimum absolute atomic E-state index is 0.0110. The fourth-order valence-electron chi connectivity index (χ4n) is 3.68. The number of fused-ring (bicyclic) bond motifs is 1. The molecule has 0 aliphatic carbocycles. The van der Waals surface area contributed by atoms with Crippen LogP contribution in [-0.4, -0.2) is 66.3 Å². The average molecular weight is 382 g/mol. The molecule has 3 amide bonds. The summed E-state index contributed by atoms with van der Waals surface area (Å²) in [5.74, 6) is -0.125. The SMILES string of the molecule is C[C@@H](C(=O)N1CC(=O)Nc2ccccc21)N1CCN(C(=O)c2ccco2)CC1. The molecule has 1 aromatic carbocycles. The molecule has 0 spiro atoms. The lowest BCUT2D eigenvalue weighted by Gasteiger charge is -2.39. The van der Waals surface area contributed by atoms with Gasteiger partial charge in [0.2, 0.25) is 11.8 Å². The minimum atomic E-state index is -0.389. The van der Waals surface area contributed by atoms with E-state index in [1.807, 2.05) is 30.0 Å². The molecule has 0 bridgehead atoms. The van der Waals surface area contributed by atoms with Gasteiger partial charge in [-0.2, -0.15) is 0 Å². The summed E-state index contributed by atoms with van der Waals surface area (Å²) in [5, 5.41) is 2.80. The molecule has 1 saturated heterocycles. The zero-order valence-corrected chi connectivity index (χ0v) is 15.6. The van der Waals surface area contributed by atoms with E-state index in [-0.39, 0.29) is 30.3 Å². The largest absolute Gasteiger partial charge is 0.459 e. The van der Waals surface area contributed by atoms with Gasteiger partial charge in [0.25, 0.3) is 5.91 Å². The lowest BCUT2D eigenvalue weighted by molar-refractivity contribution is -0.125. The van der Waals surface area contributed by atoms with E-state index in [4.69, 9.17) is 4.42 Å². The van der Waals surface area contributed by atoms with Crippen LogP contribution in [-0.2, 0) is 9.59 Å². The Kier molecular flexibility index (Phi) is 4.87. The zero-order valence-electron chi connectivity index (χ0n) is 15.6. The van der Waals surface area contributed by atoms with Gasteiger partial charge >= 0.3 is 0 Å². The van der Waals surface area contributed by atoms with Crippen LogP contribution >= 0.6 is 0 Å². The number of rotatable bonds is 3. The van der Waals surface area contributed by atoms with Gasteiger partial charge in [0.1, 0.15) is 6.54 Å². The lowest BCUT2D eigenvalue weighted by Crippen LogP contribution is -2.56. The summed E-state index contributed by atoms with van der Waals surface area (Å²) in [4.78, 5) is 42.8. The summed E-state index contributed by atoms with van der Waals surface area (Å²) >= 11 is 0. The molecular formula is C20H22N4O4. The first kappa shape index (κ1) is 18.2. The van der Waals surface area contributed by atoms with Crippen LogP contribution in [0.1, 0.15) is 17.5 Å². The fraction of sp³-hybridized carbons (Fsp3) is 0.350. The van der Waals surface area contributed by atoms with Crippen LogP contribution in [0, 0.1) is 0 Å². The molecule has 1 aromatic heterocycles. The Morgan fingerprint density at radius 1 is 1.07 bits per heavy atom. The normalized spacial score (nSPS) is 18.4. The zero-order chi connectivity index (χ0) is 19.7. The van der Waals surface area contributed by atoms with Crippen LogP contribution in [0.3, 0.4) is 0 Å². The number of para-hydroxylation sites is 2. The molecule has 4 rings (SSSR count). The van der Waals surface area contributed by atoms with Gasteiger partial charge in [-0.25, -0.2) is 0 Å². The number of nitrogens with one attached hydrogen (secondary N) is 1. The molecule has 1 N–H and O–H groups in total. The highest BCUT2D eigenvalue weighted by Gasteiger charge is 2.34. The van der Waals surface area contributed by atoms with Crippen molar-refractivity contribution in [2.24, 2.45) is 0 Å². The van der Waals surface area contributed by atoms with E-state index >= 15 is 0 Å². The number of nitrogens with zero attached hydrogens (tertiary/aromatic N) is 3. The van der Waals surface area contributed by atoms with E-state index in [2.05, 4.69) is 5.32 Å². The van der Waals surface area contributed by atoms with Gasteiger partial charge < -0.3 is 14.6 Å².